The van der Waals surface area contributed by atoms with E-state index in [0.29, 0.717) is 24.1 Å². The van der Waals surface area contributed by atoms with Crippen molar-refractivity contribution in [3.63, 3.8) is 0 Å². The first-order chi connectivity index (χ1) is 9.43. The number of halogens is 4. The molecule has 0 bridgehead atoms. The molecule has 20 heavy (non-hydrogen) atoms. The normalized spacial score (nSPS) is 11.4. The second-order valence-electron chi connectivity index (χ2n) is 3.98. The van der Waals surface area contributed by atoms with Crippen LogP contribution in [-0.4, -0.2) is 16.5 Å². The van der Waals surface area contributed by atoms with Gasteiger partial charge in [-0.3, -0.25) is 4.98 Å². The van der Waals surface area contributed by atoms with E-state index in [-0.39, 0.29) is 5.56 Å². The molecule has 0 aliphatic carbocycles. The Balaban J connectivity index is 2.47. The van der Waals surface area contributed by atoms with Crippen LogP contribution in [0.4, 0.5) is 23.4 Å². The molecule has 106 valence electrons. The number of anilines is 1. The fraction of sp³-hybridized carbons (Fsp3) is 0.231. The molecule has 0 amide bonds. The van der Waals surface area contributed by atoms with Crippen LogP contribution in [0.25, 0.3) is 11.3 Å². The first-order valence-electron chi connectivity index (χ1n) is 5.85. The average Bonchev–Trinajstić information content (AvgIpc) is 2.38. The zero-order valence-electron chi connectivity index (χ0n) is 10.5. The van der Waals surface area contributed by atoms with Gasteiger partial charge in [0.25, 0.3) is 0 Å². The van der Waals surface area contributed by atoms with Gasteiger partial charge in [0.2, 0.25) is 0 Å². The van der Waals surface area contributed by atoms with Gasteiger partial charge in [-0.2, -0.15) is 13.2 Å². The molecular weight excluding hydrogens is 274 g/mol. The largest absolute Gasteiger partial charge is 0.419 e. The molecule has 1 heterocycles. The van der Waals surface area contributed by atoms with Gasteiger partial charge in [-0.1, -0.05) is 6.07 Å². The van der Waals surface area contributed by atoms with E-state index in [4.69, 9.17) is 0 Å². The molecule has 0 saturated carbocycles. The third kappa shape index (κ3) is 2.87. The summed E-state index contributed by atoms with van der Waals surface area (Å²) in [7, 11) is 0. The highest BCUT2D eigenvalue weighted by atomic mass is 19.4. The molecule has 0 aliphatic rings. The van der Waals surface area contributed by atoms with Gasteiger partial charge in [0.15, 0.2) is 5.82 Å². The molecule has 0 fully saturated rings. The Morgan fingerprint density at radius 3 is 2.45 bits per heavy atom. The summed E-state index contributed by atoms with van der Waals surface area (Å²) in [5.41, 5.74) is -0.753. The smallest absolute Gasteiger partial charge is 0.369 e. The minimum absolute atomic E-state index is 0.236. The van der Waals surface area contributed by atoms with E-state index in [1.807, 2.05) is 6.92 Å². The summed E-state index contributed by atoms with van der Waals surface area (Å²) in [6, 6.07) is 2.69. The fourth-order valence-electron chi connectivity index (χ4n) is 1.74. The van der Waals surface area contributed by atoms with Gasteiger partial charge >= 0.3 is 6.18 Å². The van der Waals surface area contributed by atoms with Gasteiger partial charge in [-0.25, -0.2) is 9.37 Å². The predicted molar refractivity (Wildman–Crippen MR) is 66.6 cm³/mol. The topological polar surface area (TPSA) is 37.8 Å². The number of nitrogens with zero attached hydrogens (tertiary/aromatic N) is 2. The number of rotatable bonds is 3. The second-order valence-corrected chi connectivity index (χ2v) is 3.98. The quantitative estimate of drug-likeness (QED) is 0.873. The Hall–Kier alpha value is -2.18. The fourth-order valence-corrected chi connectivity index (χ4v) is 1.74. The number of alkyl halides is 3. The zero-order chi connectivity index (χ0) is 14.8. The summed E-state index contributed by atoms with van der Waals surface area (Å²) in [5.74, 6) is -0.933. The van der Waals surface area contributed by atoms with E-state index in [9.17, 15) is 17.6 Å². The minimum atomic E-state index is -4.71. The van der Waals surface area contributed by atoms with Crippen LogP contribution >= 0.6 is 0 Å². The maximum Gasteiger partial charge on any atom is 0.419 e. The number of hydrogen-bond donors (Lipinski definition) is 1. The summed E-state index contributed by atoms with van der Waals surface area (Å²) >= 11 is 0. The van der Waals surface area contributed by atoms with Gasteiger partial charge in [0.05, 0.1) is 5.56 Å². The van der Waals surface area contributed by atoms with Crippen LogP contribution in [0.3, 0.4) is 0 Å². The van der Waals surface area contributed by atoms with Crippen LogP contribution in [0, 0.1) is 5.82 Å². The highest BCUT2D eigenvalue weighted by molar-refractivity contribution is 5.71. The lowest BCUT2D eigenvalue weighted by Gasteiger charge is -2.11. The van der Waals surface area contributed by atoms with E-state index in [2.05, 4.69) is 15.3 Å². The Morgan fingerprint density at radius 1 is 1.15 bits per heavy atom. The van der Waals surface area contributed by atoms with Crippen LogP contribution < -0.4 is 5.32 Å². The summed E-state index contributed by atoms with van der Waals surface area (Å²) in [6.07, 6.45) is -1.87. The lowest BCUT2D eigenvalue weighted by molar-refractivity contribution is -0.139. The third-order valence-electron chi connectivity index (χ3n) is 2.59. The van der Waals surface area contributed by atoms with E-state index >= 15 is 0 Å². The molecule has 1 aromatic carbocycles. The standard InChI is InChI=1S/C13H11F4N3/c1-2-18-12-11(19-5-6-20-12)8-3-4-9(10(14)7-8)13(15,16)17/h3-7H,2H2,1H3,(H,18,20). The Morgan fingerprint density at radius 2 is 1.85 bits per heavy atom. The molecule has 0 radical (unpaired) electrons. The van der Waals surface area contributed by atoms with Crippen LogP contribution in [0.15, 0.2) is 30.6 Å². The number of aromatic nitrogens is 2. The molecular formula is C13H11F4N3. The Labute approximate surface area is 112 Å². The molecule has 1 aromatic heterocycles. The molecule has 0 spiro atoms. The van der Waals surface area contributed by atoms with Crippen molar-refractivity contribution in [2.24, 2.45) is 0 Å². The van der Waals surface area contributed by atoms with E-state index < -0.39 is 17.6 Å². The first-order valence-corrected chi connectivity index (χ1v) is 5.85. The van der Waals surface area contributed by atoms with Crippen molar-refractivity contribution in [1.29, 1.82) is 0 Å². The summed E-state index contributed by atoms with van der Waals surface area (Å²) in [4.78, 5) is 8.05. The predicted octanol–water partition coefficient (Wildman–Crippen LogP) is 3.73. The summed E-state index contributed by atoms with van der Waals surface area (Å²) in [5, 5.41) is 2.92. The molecule has 7 heteroatoms. The lowest BCUT2D eigenvalue weighted by atomic mass is 10.1. The van der Waals surface area contributed by atoms with Gasteiger partial charge in [-0.05, 0) is 19.1 Å². The highest BCUT2D eigenvalue weighted by Gasteiger charge is 2.34. The van der Waals surface area contributed by atoms with E-state index in [1.54, 1.807) is 0 Å². The SMILES string of the molecule is CCNc1nccnc1-c1ccc(C(F)(F)F)c(F)c1. The molecule has 1 N–H and O–H groups in total. The van der Waals surface area contributed by atoms with Crippen molar-refractivity contribution in [2.75, 3.05) is 11.9 Å². The highest BCUT2D eigenvalue weighted by Crippen LogP contribution is 2.34. The Kier molecular flexibility index (Phi) is 3.87. The van der Waals surface area contributed by atoms with Crippen LogP contribution in [-0.2, 0) is 6.18 Å². The summed E-state index contributed by atoms with van der Waals surface area (Å²) < 4.78 is 51.1. The lowest BCUT2D eigenvalue weighted by Crippen LogP contribution is -2.08. The van der Waals surface area contributed by atoms with E-state index in [0.717, 1.165) is 6.07 Å². The number of benzene rings is 1. The summed E-state index contributed by atoms with van der Waals surface area (Å²) in [6.45, 7) is 2.40. The van der Waals surface area contributed by atoms with Crippen molar-refractivity contribution in [1.82, 2.24) is 9.97 Å². The molecule has 0 saturated heterocycles. The van der Waals surface area contributed by atoms with Gasteiger partial charge in [-0.15, -0.1) is 0 Å². The first kappa shape index (κ1) is 14.2. The van der Waals surface area contributed by atoms with Crippen LogP contribution in [0.1, 0.15) is 12.5 Å². The average molecular weight is 285 g/mol. The van der Waals surface area contributed by atoms with Crippen molar-refractivity contribution in [3.8, 4) is 11.3 Å². The van der Waals surface area contributed by atoms with Gasteiger partial charge < -0.3 is 5.32 Å². The maximum absolute atomic E-state index is 13.6. The maximum atomic E-state index is 13.6. The number of hydrogen-bond acceptors (Lipinski definition) is 3. The van der Waals surface area contributed by atoms with Crippen LogP contribution in [0.2, 0.25) is 0 Å². The molecule has 0 unspecified atom stereocenters. The molecule has 3 nitrogen and oxygen atoms in total. The van der Waals surface area contributed by atoms with Crippen LogP contribution in [0.5, 0.6) is 0 Å². The molecule has 2 rings (SSSR count). The van der Waals surface area contributed by atoms with Crippen molar-refractivity contribution >= 4 is 5.82 Å². The Bertz CT molecular complexity index is 611. The molecule has 0 atom stereocenters. The number of nitrogens with one attached hydrogen (secondary N) is 1. The van der Waals surface area contributed by atoms with Crippen molar-refractivity contribution < 1.29 is 17.6 Å². The van der Waals surface area contributed by atoms with Gasteiger partial charge in [0, 0.05) is 24.5 Å². The molecule has 0 aliphatic heterocycles. The third-order valence-corrected chi connectivity index (χ3v) is 2.59. The molecule has 2 aromatic rings. The van der Waals surface area contributed by atoms with Gasteiger partial charge in [0.1, 0.15) is 11.5 Å². The minimum Gasteiger partial charge on any atom is -0.369 e. The second kappa shape index (κ2) is 5.44. The van der Waals surface area contributed by atoms with Crippen molar-refractivity contribution in [3.05, 3.63) is 42.0 Å². The van der Waals surface area contributed by atoms with E-state index in [1.165, 1.54) is 18.5 Å². The zero-order valence-corrected chi connectivity index (χ0v) is 10.5. The monoisotopic (exact) mass is 285 g/mol. The van der Waals surface area contributed by atoms with Crippen molar-refractivity contribution in [2.45, 2.75) is 13.1 Å².